The third-order valence-electron chi connectivity index (χ3n) is 2.76. The van der Waals surface area contributed by atoms with E-state index in [0.717, 1.165) is 10.0 Å². The zero-order valence-electron chi connectivity index (χ0n) is 10.8. The van der Waals surface area contributed by atoms with Crippen molar-refractivity contribution in [1.29, 1.82) is 0 Å². The van der Waals surface area contributed by atoms with Gasteiger partial charge in [0.05, 0.1) is 5.69 Å². The van der Waals surface area contributed by atoms with E-state index in [1.165, 1.54) is 0 Å². The second-order valence-electron chi connectivity index (χ2n) is 4.37. The number of sulfonamides is 1. The van der Waals surface area contributed by atoms with Gasteiger partial charge in [0.25, 0.3) is 10.0 Å². The molecule has 0 heterocycles. The van der Waals surface area contributed by atoms with Crippen molar-refractivity contribution in [2.45, 2.75) is 11.8 Å². The largest absolute Gasteiger partial charge is 0.398 e. The topological polar surface area (TPSA) is 72.2 Å². The molecule has 2 rings (SSSR count). The first-order chi connectivity index (χ1) is 9.70. The summed E-state index contributed by atoms with van der Waals surface area (Å²) in [6.45, 7) is 1.88. The van der Waals surface area contributed by atoms with Crippen LogP contribution in [0.3, 0.4) is 0 Å². The molecule has 0 radical (unpaired) electrons. The SMILES string of the molecule is Cc1cc(Br)c(S(=O)(=O)Nc2ccc(N)c(Br)c2)cc1Br. The highest BCUT2D eigenvalue weighted by Crippen LogP contribution is 2.31. The monoisotopic (exact) mass is 496 g/mol. The number of hydrogen-bond donors (Lipinski definition) is 2. The molecule has 112 valence electrons. The molecule has 0 saturated heterocycles. The molecular weight excluding hydrogens is 488 g/mol. The van der Waals surface area contributed by atoms with Crippen LogP contribution >= 0.6 is 47.8 Å². The predicted molar refractivity (Wildman–Crippen MR) is 95.9 cm³/mol. The van der Waals surface area contributed by atoms with Gasteiger partial charge in [0, 0.05) is 19.1 Å². The van der Waals surface area contributed by atoms with E-state index in [1.54, 1.807) is 30.3 Å². The van der Waals surface area contributed by atoms with Crippen LogP contribution in [0, 0.1) is 6.92 Å². The fourth-order valence-corrected chi connectivity index (χ4v) is 4.74. The Bertz CT molecular complexity index is 807. The van der Waals surface area contributed by atoms with Crippen molar-refractivity contribution in [2.75, 3.05) is 10.5 Å². The highest BCUT2D eigenvalue weighted by molar-refractivity contribution is 9.11. The maximum absolute atomic E-state index is 12.5. The number of benzene rings is 2. The first kappa shape index (κ1) is 16.8. The Morgan fingerprint density at radius 2 is 1.67 bits per heavy atom. The molecule has 0 aliphatic rings. The number of hydrogen-bond acceptors (Lipinski definition) is 3. The minimum absolute atomic E-state index is 0.160. The molecular formula is C13H11Br3N2O2S. The molecule has 0 aliphatic carbocycles. The Morgan fingerprint density at radius 1 is 1.00 bits per heavy atom. The lowest BCUT2D eigenvalue weighted by Crippen LogP contribution is -2.14. The summed E-state index contributed by atoms with van der Waals surface area (Å²) in [4.78, 5) is 0.160. The zero-order chi connectivity index (χ0) is 15.8. The first-order valence-corrected chi connectivity index (χ1v) is 9.60. The Labute approximate surface area is 148 Å². The number of halogens is 3. The van der Waals surface area contributed by atoms with E-state index < -0.39 is 10.0 Å². The molecule has 21 heavy (non-hydrogen) atoms. The number of aryl methyl sites for hydroxylation is 1. The molecule has 0 fully saturated rings. The van der Waals surface area contributed by atoms with Crippen LogP contribution in [0.15, 0.2) is 48.6 Å². The van der Waals surface area contributed by atoms with E-state index in [9.17, 15) is 8.42 Å². The predicted octanol–water partition coefficient (Wildman–Crippen LogP) is 4.67. The maximum Gasteiger partial charge on any atom is 0.263 e. The molecule has 0 aliphatic heterocycles. The lowest BCUT2D eigenvalue weighted by Gasteiger charge is -2.12. The van der Waals surface area contributed by atoms with Gasteiger partial charge in [0.2, 0.25) is 0 Å². The fraction of sp³-hybridized carbons (Fsp3) is 0.0769. The summed E-state index contributed by atoms with van der Waals surface area (Å²) in [7, 11) is -3.70. The van der Waals surface area contributed by atoms with Gasteiger partial charge < -0.3 is 5.73 Å². The normalized spacial score (nSPS) is 11.4. The number of nitrogens with one attached hydrogen (secondary N) is 1. The van der Waals surface area contributed by atoms with Crippen LogP contribution in [-0.2, 0) is 10.0 Å². The summed E-state index contributed by atoms with van der Waals surface area (Å²) in [5, 5.41) is 0. The van der Waals surface area contributed by atoms with Crippen molar-refractivity contribution in [3.8, 4) is 0 Å². The van der Waals surface area contributed by atoms with E-state index in [1.807, 2.05) is 6.92 Å². The van der Waals surface area contributed by atoms with Gasteiger partial charge in [-0.2, -0.15) is 0 Å². The van der Waals surface area contributed by atoms with Crippen LogP contribution in [0.2, 0.25) is 0 Å². The van der Waals surface area contributed by atoms with Crippen LogP contribution in [0.4, 0.5) is 11.4 Å². The van der Waals surface area contributed by atoms with Gasteiger partial charge in [-0.15, -0.1) is 0 Å². The molecule has 0 unspecified atom stereocenters. The number of anilines is 2. The Hall–Kier alpha value is -0.570. The van der Waals surface area contributed by atoms with E-state index in [2.05, 4.69) is 52.5 Å². The van der Waals surface area contributed by atoms with Gasteiger partial charge in [-0.25, -0.2) is 8.42 Å². The number of nitrogens with two attached hydrogens (primary N) is 1. The highest BCUT2D eigenvalue weighted by Gasteiger charge is 2.19. The minimum atomic E-state index is -3.70. The van der Waals surface area contributed by atoms with Crippen LogP contribution in [0.1, 0.15) is 5.56 Å². The van der Waals surface area contributed by atoms with Crippen molar-refractivity contribution in [3.63, 3.8) is 0 Å². The van der Waals surface area contributed by atoms with Gasteiger partial charge in [0.15, 0.2) is 0 Å². The van der Waals surface area contributed by atoms with Gasteiger partial charge in [0.1, 0.15) is 4.90 Å². The first-order valence-electron chi connectivity index (χ1n) is 5.74. The van der Waals surface area contributed by atoms with Crippen LogP contribution in [-0.4, -0.2) is 8.42 Å². The van der Waals surface area contributed by atoms with Crippen LogP contribution < -0.4 is 10.5 Å². The third-order valence-corrected chi connectivity index (χ3v) is 6.64. The minimum Gasteiger partial charge on any atom is -0.398 e. The molecule has 0 aromatic heterocycles. The Morgan fingerprint density at radius 3 is 2.29 bits per heavy atom. The molecule has 0 atom stereocenters. The van der Waals surface area contributed by atoms with Crippen molar-refractivity contribution >= 4 is 69.2 Å². The average molecular weight is 499 g/mol. The summed E-state index contributed by atoms with van der Waals surface area (Å²) >= 11 is 9.90. The van der Waals surface area contributed by atoms with Gasteiger partial charge in [-0.1, -0.05) is 15.9 Å². The van der Waals surface area contributed by atoms with Crippen molar-refractivity contribution in [1.82, 2.24) is 0 Å². The van der Waals surface area contributed by atoms with Crippen LogP contribution in [0.25, 0.3) is 0 Å². The average Bonchev–Trinajstić information content (AvgIpc) is 2.37. The highest BCUT2D eigenvalue weighted by atomic mass is 79.9. The molecule has 4 nitrogen and oxygen atoms in total. The molecule has 2 aromatic carbocycles. The smallest absolute Gasteiger partial charge is 0.263 e. The van der Waals surface area contributed by atoms with Crippen molar-refractivity contribution in [2.24, 2.45) is 0 Å². The quantitative estimate of drug-likeness (QED) is 0.604. The second kappa shape index (κ2) is 6.28. The van der Waals surface area contributed by atoms with Gasteiger partial charge in [-0.3, -0.25) is 4.72 Å². The van der Waals surface area contributed by atoms with E-state index >= 15 is 0 Å². The van der Waals surface area contributed by atoms with Crippen molar-refractivity contribution in [3.05, 3.63) is 49.3 Å². The van der Waals surface area contributed by atoms with E-state index in [0.29, 0.717) is 20.3 Å². The maximum atomic E-state index is 12.5. The summed E-state index contributed by atoms with van der Waals surface area (Å²) in [6.07, 6.45) is 0. The van der Waals surface area contributed by atoms with E-state index in [4.69, 9.17) is 5.73 Å². The summed E-state index contributed by atoms with van der Waals surface area (Å²) in [5.74, 6) is 0. The fourth-order valence-electron chi connectivity index (χ4n) is 1.63. The third kappa shape index (κ3) is 3.80. The molecule has 0 saturated carbocycles. The molecule has 3 N–H and O–H groups in total. The summed E-state index contributed by atoms with van der Waals surface area (Å²) in [5.41, 5.74) is 7.60. The second-order valence-corrected chi connectivity index (χ2v) is 8.59. The standard InChI is InChI=1S/C13H11Br3N2O2S/c1-7-4-11(16)13(6-9(7)14)21(19,20)18-8-2-3-12(17)10(15)5-8/h2-6,18H,17H2,1H3. The number of nitrogen functional groups attached to an aromatic ring is 1. The summed E-state index contributed by atoms with van der Waals surface area (Å²) < 4.78 is 29.3. The van der Waals surface area contributed by atoms with Gasteiger partial charge in [-0.05, 0) is 74.7 Å². The lowest BCUT2D eigenvalue weighted by atomic mass is 10.2. The molecule has 0 bridgehead atoms. The van der Waals surface area contributed by atoms with Crippen molar-refractivity contribution < 1.29 is 8.42 Å². The van der Waals surface area contributed by atoms with Gasteiger partial charge >= 0.3 is 0 Å². The molecule has 2 aromatic rings. The Balaban J connectivity index is 2.43. The molecule has 0 spiro atoms. The molecule has 8 heteroatoms. The summed E-state index contributed by atoms with van der Waals surface area (Å²) in [6, 6.07) is 8.16. The lowest BCUT2D eigenvalue weighted by molar-refractivity contribution is 0.600. The molecule has 0 amide bonds. The zero-order valence-corrected chi connectivity index (χ0v) is 16.4. The Kier molecular flexibility index (Phi) is 5.02. The van der Waals surface area contributed by atoms with Crippen LogP contribution in [0.5, 0.6) is 0 Å². The van der Waals surface area contributed by atoms with E-state index in [-0.39, 0.29) is 4.90 Å². The number of rotatable bonds is 3.